The molecule has 0 aromatic heterocycles. The third-order valence-corrected chi connectivity index (χ3v) is 3.06. The Balaban J connectivity index is 2.84. The molecule has 4 heteroatoms. The molecule has 0 unspecified atom stereocenters. The Morgan fingerprint density at radius 2 is 2.18 bits per heavy atom. The summed E-state index contributed by atoms with van der Waals surface area (Å²) in [6.07, 6.45) is 0.768. The van der Waals surface area contributed by atoms with Crippen LogP contribution in [0.4, 0.5) is 5.69 Å². The predicted octanol–water partition coefficient (Wildman–Crippen LogP) is 2.27. The van der Waals surface area contributed by atoms with E-state index in [9.17, 15) is 0 Å². The van der Waals surface area contributed by atoms with E-state index in [4.69, 9.17) is 16.7 Å². The number of nitrogens with one attached hydrogen (secondary N) is 1. The number of anilines is 1. The minimum Gasteiger partial charge on any atom is -0.396 e. The average molecular weight is 257 g/mol. The van der Waals surface area contributed by atoms with E-state index >= 15 is 0 Å². The fourth-order valence-electron chi connectivity index (χ4n) is 1.76. The van der Waals surface area contributed by atoms with Crippen LogP contribution in [-0.2, 0) is 6.54 Å². The number of benzene rings is 1. The molecule has 2 N–H and O–H groups in total. The molecule has 1 rings (SSSR count). The van der Waals surface area contributed by atoms with Crippen LogP contribution in [0.3, 0.4) is 0 Å². The minimum atomic E-state index is 0.216. The summed E-state index contributed by atoms with van der Waals surface area (Å²) in [5.74, 6) is 0. The molecule has 0 aliphatic rings. The Hall–Kier alpha value is -0.770. The van der Waals surface area contributed by atoms with Crippen molar-refractivity contribution in [1.82, 2.24) is 5.32 Å². The topological polar surface area (TPSA) is 35.5 Å². The number of aliphatic hydroxyl groups excluding tert-OH is 1. The van der Waals surface area contributed by atoms with Gasteiger partial charge in [0.05, 0.1) is 0 Å². The Morgan fingerprint density at radius 1 is 1.41 bits per heavy atom. The molecule has 0 bridgehead atoms. The summed E-state index contributed by atoms with van der Waals surface area (Å²) in [6.45, 7) is 4.81. The van der Waals surface area contributed by atoms with E-state index in [1.54, 1.807) is 0 Å². The van der Waals surface area contributed by atoms with Crippen molar-refractivity contribution in [1.29, 1.82) is 0 Å². The van der Waals surface area contributed by atoms with Gasteiger partial charge in [-0.25, -0.2) is 0 Å². The molecule has 96 valence electrons. The van der Waals surface area contributed by atoms with Crippen molar-refractivity contribution in [3.63, 3.8) is 0 Å². The predicted molar refractivity (Wildman–Crippen MR) is 73.8 cm³/mol. The molecule has 0 aliphatic heterocycles. The van der Waals surface area contributed by atoms with Crippen molar-refractivity contribution in [3.8, 4) is 0 Å². The lowest BCUT2D eigenvalue weighted by Crippen LogP contribution is -2.23. The van der Waals surface area contributed by atoms with E-state index < -0.39 is 0 Å². The third-order valence-electron chi connectivity index (χ3n) is 2.71. The first-order chi connectivity index (χ1) is 8.20. The fraction of sp³-hybridized carbons (Fsp3) is 0.538. The Kier molecular flexibility index (Phi) is 6.34. The van der Waals surface area contributed by atoms with Gasteiger partial charge in [-0.05, 0) is 25.1 Å². The lowest BCUT2D eigenvalue weighted by molar-refractivity contribution is 0.290. The SMILES string of the molecule is CCNCc1c(Cl)cccc1N(C)CCCO. The molecule has 1 aromatic carbocycles. The summed E-state index contributed by atoms with van der Waals surface area (Å²) in [4.78, 5) is 2.13. The molecular formula is C13H21ClN2O. The van der Waals surface area contributed by atoms with Gasteiger partial charge in [-0.1, -0.05) is 24.6 Å². The van der Waals surface area contributed by atoms with Gasteiger partial charge in [0, 0.05) is 43.0 Å². The van der Waals surface area contributed by atoms with Gasteiger partial charge in [-0.2, -0.15) is 0 Å². The lowest BCUT2D eigenvalue weighted by Gasteiger charge is -2.23. The molecule has 1 aromatic rings. The van der Waals surface area contributed by atoms with E-state index in [-0.39, 0.29) is 6.61 Å². The smallest absolute Gasteiger partial charge is 0.0471 e. The Bertz CT molecular complexity index is 344. The van der Waals surface area contributed by atoms with Gasteiger partial charge in [0.2, 0.25) is 0 Å². The zero-order valence-corrected chi connectivity index (χ0v) is 11.3. The van der Waals surface area contributed by atoms with E-state index in [1.807, 2.05) is 19.2 Å². The molecule has 17 heavy (non-hydrogen) atoms. The van der Waals surface area contributed by atoms with Crippen LogP contribution < -0.4 is 10.2 Å². The Labute approximate surface area is 108 Å². The summed E-state index contributed by atoms with van der Waals surface area (Å²) in [5, 5.41) is 12.9. The minimum absolute atomic E-state index is 0.216. The standard InChI is InChI=1S/C13H21ClN2O/c1-3-15-10-11-12(14)6-4-7-13(11)16(2)8-5-9-17/h4,6-7,15,17H,3,5,8-10H2,1-2H3. The van der Waals surface area contributed by atoms with E-state index in [2.05, 4.69) is 23.2 Å². The van der Waals surface area contributed by atoms with Gasteiger partial charge in [-0.15, -0.1) is 0 Å². The summed E-state index contributed by atoms with van der Waals surface area (Å²) in [6, 6.07) is 5.94. The normalized spacial score (nSPS) is 10.6. The van der Waals surface area contributed by atoms with Crippen LogP contribution in [0.5, 0.6) is 0 Å². The summed E-state index contributed by atoms with van der Waals surface area (Å²) in [5.41, 5.74) is 2.25. The zero-order valence-electron chi connectivity index (χ0n) is 10.5. The molecular weight excluding hydrogens is 236 g/mol. The van der Waals surface area contributed by atoms with Crippen LogP contribution in [0, 0.1) is 0 Å². The zero-order chi connectivity index (χ0) is 12.7. The van der Waals surface area contributed by atoms with Crippen molar-refractivity contribution >= 4 is 17.3 Å². The lowest BCUT2D eigenvalue weighted by atomic mass is 10.1. The van der Waals surface area contributed by atoms with Crippen molar-refractivity contribution in [2.45, 2.75) is 19.9 Å². The molecule has 0 saturated carbocycles. The molecule has 3 nitrogen and oxygen atoms in total. The number of hydrogen-bond donors (Lipinski definition) is 2. The van der Waals surface area contributed by atoms with E-state index in [0.29, 0.717) is 0 Å². The second kappa shape index (κ2) is 7.54. The van der Waals surface area contributed by atoms with Crippen LogP contribution in [0.2, 0.25) is 5.02 Å². The Morgan fingerprint density at radius 3 is 2.82 bits per heavy atom. The maximum Gasteiger partial charge on any atom is 0.0471 e. The van der Waals surface area contributed by atoms with Crippen LogP contribution in [0.25, 0.3) is 0 Å². The van der Waals surface area contributed by atoms with Crippen LogP contribution in [-0.4, -0.2) is 31.9 Å². The average Bonchev–Trinajstić information content (AvgIpc) is 2.34. The highest BCUT2D eigenvalue weighted by molar-refractivity contribution is 6.31. The second-order valence-electron chi connectivity index (χ2n) is 4.02. The number of rotatable bonds is 7. The second-order valence-corrected chi connectivity index (χ2v) is 4.42. The van der Waals surface area contributed by atoms with Gasteiger partial charge < -0.3 is 15.3 Å². The highest BCUT2D eigenvalue weighted by atomic mass is 35.5. The molecule has 0 amide bonds. The van der Waals surface area contributed by atoms with Crippen LogP contribution >= 0.6 is 11.6 Å². The molecule has 0 atom stereocenters. The van der Waals surface area contributed by atoms with Gasteiger partial charge in [-0.3, -0.25) is 0 Å². The summed E-state index contributed by atoms with van der Waals surface area (Å²) >= 11 is 6.23. The molecule has 0 heterocycles. The molecule has 0 saturated heterocycles. The van der Waals surface area contributed by atoms with Crippen LogP contribution in [0.1, 0.15) is 18.9 Å². The first-order valence-electron chi connectivity index (χ1n) is 6.00. The molecule has 0 spiro atoms. The maximum atomic E-state index is 8.86. The van der Waals surface area contributed by atoms with Crippen molar-refractivity contribution in [3.05, 3.63) is 28.8 Å². The highest BCUT2D eigenvalue weighted by Crippen LogP contribution is 2.26. The highest BCUT2D eigenvalue weighted by Gasteiger charge is 2.09. The molecule has 0 radical (unpaired) electrons. The van der Waals surface area contributed by atoms with Crippen molar-refractivity contribution in [2.24, 2.45) is 0 Å². The number of hydrogen-bond acceptors (Lipinski definition) is 3. The fourth-order valence-corrected chi connectivity index (χ4v) is 1.99. The monoisotopic (exact) mass is 256 g/mol. The quantitative estimate of drug-likeness (QED) is 0.786. The van der Waals surface area contributed by atoms with Gasteiger partial charge >= 0.3 is 0 Å². The summed E-state index contributed by atoms with van der Waals surface area (Å²) in [7, 11) is 2.02. The molecule has 0 fully saturated rings. The van der Waals surface area contributed by atoms with Gasteiger partial charge in [0.25, 0.3) is 0 Å². The largest absolute Gasteiger partial charge is 0.396 e. The number of nitrogens with zero attached hydrogens (tertiary/aromatic N) is 1. The maximum absolute atomic E-state index is 8.86. The van der Waals surface area contributed by atoms with Gasteiger partial charge in [0.15, 0.2) is 0 Å². The first-order valence-corrected chi connectivity index (χ1v) is 6.38. The first kappa shape index (κ1) is 14.3. The van der Waals surface area contributed by atoms with Crippen molar-refractivity contribution < 1.29 is 5.11 Å². The number of aliphatic hydroxyl groups is 1. The molecule has 0 aliphatic carbocycles. The van der Waals surface area contributed by atoms with E-state index in [1.165, 1.54) is 0 Å². The van der Waals surface area contributed by atoms with Crippen LogP contribution in [0.15, 0.2) is 18.2 Å². The van der Waals surface area contributed by atoms with Gasteiger partial charge in [0.1, 0.15) is 0 Å². The number of halogens is 1. The third kappa shape index (κ3) is 4.19. The van der Waals surface area contributed by atoms with Crippen molar-refractivity contribution in [2.75, 3.05) is 31.6 Å². The van der Waals surface area contributed by atoms with E-state index in [0.717, 1.165) is 42.3 Å². The summed E-state index contributed by atoms with van der Waals surface area (Å²) < 4.78 is 0.